The molecule has 0 unspecified atom stereocenters. The van der Waals surface area contributed by atoms with Crippen LogP contribution in [0.2, 0.25) is 5.02 Å². The highest BCUT2D eigenvalue weighted by atomic mass is 35.5. The quantitative estimate of drug-likeness (QED) is 0.418. The van der Waals surface area contributed by atoms with Gasteiger partial charge in [-0.25, -0.2) is 9.79 Å². The monoisotopic (exact) mass is 504 g/mol. The zero-order valence-electron chi connectivity index (χ0n) is 19.0. The van der Waals surface area contributed by atoms with Gasteiger partial charge in [-0.05, 0) is 37.6 Å². The molecule has 1 atom stereocenters. The van der Waals surface area contributed by atoms with Crippen LogP contribution in [-0.2, 0) is 9.53 Å². The van der Waals surface area contributed by atoms with Crippen LogP contribution < -0.4 is 14.9 Å². The average molecular weight is 505 g/mol. The van der Waals surface area contributed by atoms with Crippen molar-refractivity contribution in [3.8, 4) is 11.3 Å². The number of rotatable bonds is 5. The van der Waals surface area contributed by atoms with Crippen molar-refractivity contribution in [3.05, 3.63) is 108 Å². The summed E-state index contributed by atoms with van der Waals surface area (Å²) in [6.45, 7) is 3.72. The van der Waals surface area contributed by atoms with Gasteiger partial charge in [0.2, 0.25) is 0 Å². The maximum Gasteiger partial charge on any atom is 0.338 e. The summed E-state index contributed by atoms with van der Waals surface area (Å²) in [6.07, 6.45) is 3.49. The van der Waals surface area contributed by atoms with Crippen LogP contribution >= 0.6 is 22.9 Å². The Balaban J connectivity index is 1.70. The molecular weight excluding hydrogens is 484 g/mol. The van der Waals surface area contributed by atoms with Gasteiger partial charge in [-0.3, -0.25) is 14.5 Å². The summed E-state index contributed by atoms with van der Waals surface area (Å²) in [6, 6.07) is 16.2. The minimum absolute atomic E-state index is 0.218. The van der Waals surface area contributed by atoms with E-state index in [-0.39, 0.29) is 12.2 Å². The van der Waals surface area contributed by atoms with E-state index in [4.69, 9.17) is 16.3 Å². The van der Waals surface area contributed by atoms with Crippen LogP contribution in [0, 0.1) is 0 Å². The zero-order chi connectivity index (χ0) is 24.5. The minimum atomic E-state index is -0.678. The van der Waals surface area contributed by atoms with E-state index >= 15 is 0 Å². The number of benzene rings is 2. The molecule has 2 aromatic heterocycles. The second-order valence-corrected chi connectivity index (χ2v) is 9.37. The van der Waals surface area contributed by atoms with E-state index in [9.17, 15) is 9.59 Å². The first-order chi connectivity index (χ1) is 17.0. The van der Waals surface area contributed by atoms with Crippen molar-refractivity contribution < 1.29 is 9.53 Å². The summed E-state index contributed by atoms with van der Waals surface area (Å²) in [5.74, 6) is -0.496. The lowest BCUT2D eigenvalue weighted by atomic mass is 9.96. The SMILES string of the molecule is CCOC(=O)C1=C(C)N=c2s/c(=C/c3cn[nH]c3-c3ccccc3)c(=O)n2[C@@H]1c1ccc(Cl)cc1. The standard InChI is InChI=1S/C26H21ClN4O3S/c1-3-34-25(33)21-15(2)29-26-31(23(21)17-9-11-19(27)12-10-17)24(32)20(35-26)13-18-14-28-30-22(18)16-7-5-4-6-8-16/h4-14,23H,3H2,1-2H3,(H,28,30)/b20-13+/t23-/m1/s1. The molecule has 5 rings (SSSR count). The van der Waals surface area contributed by atoms with Crippen molar-refractivity contribution in [2.24, 2.45) is 4.99 Å². The van der Waals surface area contributed by atoms with Gasteiger partial charge in [0.25, 0.3) is 5.56 Å². The number of hydrogen-bond donors (Lipinski definition) is 1. The van der Waals surface area contributed by atoms with E-state index < -0.39 is 12.0 Å². The number of aromatic nitrogens is 3. The molecule has 7 nitrogen and oxygen atoms in total. The number of aromatic amines is 1. The smallest absolute Gasteiger partial charge is 0.338 e. The predicted octanol–water partition coefficient (Wildman–Crippen LogP) is 3.84. The minimum Gasteiger partial charge on any atom is -0.463 e. The third-order valence-electron chi connectivity index (χ3n) is 5.72. The van der Waals surface area contributed by atoms with Crippen molar-refractivity contribution >= 4 is 35.0 Å². The van der Waals surface area contributed by atoms with Crippen LogP contribution in [0.15, 0.2) is 81.9 Å². The lowest BCUT2D eigenvalue weighted by Gasteiger charge is -2.24. The lowest BCUT2D eigenvalue weighted by Crippen LogP contribution is -2.39. The maximum atomic E-state index is 13.7. The molecule has 0 saturated heterocycles. The average Bonchev–Trinajstić information content (AvgIpc) is 3.44. The van der Waals surface area contributed by atoms with Gasteiger partial charge >= 0.3 is 5.97 Å². The topological polar surface area (TPSA) is 89.3 Å². The number of fused-ring (bicyclic) bond motifs is 1. The van der Waals surface area contributed by atoms with Crippen LogP contribution in [0.5, 0.6) is 0 Å². The van der Waals surface area contributed by atoms with E-state index in [0.717, 1.165) is 22.4 Å². The molecule has 1 aliphatic heterocycles. The van der Waals surface area contributed by atoms with Gasteiger partial charge < -0.3 is 4.74 Å². The molecule has 2 aromatic carbocycles. The van der Waals surface area contributed by atoms with Gasteiger partial charge in [0.05, 0.1) is 40.3 Å². The van der Waals surface area contributed by atoms with E-state index in [0.29, 0.717) is 25.6 Å². The number of carbonyl (C=O) groups is 1. The highest BCUT2D eigenvalue weighted by Gasteiger charge is 2.33. The molecule has 0 spiro atoms. The van der Waals surface area contributed by atoms with Gasteiger partial charge in [0.1, 0.15) is 0 Å². The normalized spacial score (nSPS) is 15.6. The summed E-state index contributed by atoms with van der Waals surface area (Å²) in [4.78, 5) is 31.8. The second kappa shape index (κ2) is 9.48. The molecule has 0 amide bonds. The molecule has 176 valence electrons. The van der Waals surface area contributed by atoms with Crippen LogP contribution in [-0.4, -0.2) is 27.3 Å². The summed E-state index contributed by atoms with van der Waals surface area (Å²) in [5, 5.41) is 7.76. The molecule has 0 radical (unpaired) electrons. The Kier molecular flexibility index (Phi) is 6.23. The van der Waals surface area contributed by atoms with Crippen molar-refractivity contribution in [1.29, 1.82) is 0 Å². The molecule has 0 fully saturated rings. The molecule has 0 saturated carbocycles. The number of hydrogen-bond acceptors (Lipinski definition) is 6. The number of H-pyrrole nitrogens is 1. The summed E-state index contributed by atoms with van der Waals surface area (Å²) >= 11 is 7.38. The van der Waals surface area contributed by atoms with Crippen LogP contribution in [0.1, 0.15) is 31.0 Å². The molecule has 0 bridgehead atoms. The Labute approximate surface area is 209 Å². The van der Waals surface area contributed by atoms with Crippen molar-refractivity contribution in [2.75, 3.05) is 6.61 Å². The van der Waals surface area contributed by atoms with Gasteiger partial charge in [0, 0.05) is 16.1 Å². The maximum absolute atomic E-state index is 13.7. The van der Waals surface area contributed by atoms with Crippen LogP contribution in [0.4, 0.5) is 0 Å². The Morgan fingerprint density at radius 2 is 1.94 bits per heavy atom. The largest absolute Gasteiger partial charge is 0.463 e. The number of allylic oxidation sites excluding steroid dienone is 1. The van der Waals surface area contributed by atoms with E-state index in [1.165, 1.54) is 11.3 Å². The highest BCUT2D eigenvalue weighted by molar-refractivity contribution is 7.07. The fourth-order valence-corrected chi connectivity index (χ4v) is 5.30. The number of nitrogens with zero attached hydrogens (tertiary/aromatic N) is 3. The second-order valence-electron chi connectivity index (χ2n) is 7.92. The first kappa shape index (κ1) is 23.0. The van der Waals surface area contributed by atoms with Gasteiger partial charge in [-0.1, -0.05) is 65.4 Å². The summed E-state index contributed by atoms with van der Waals surface area (Å²) < 4.78 is 7.37. The molecule has 1 N–H and O–H groups in total. The molecule has 0 aliphatic carbocycles. The van der Waals surface area contributed by atoms with Crippen molar-refractivity contribution in [1.82, 2.24) is 14.8 Å². The van der Waals surface area contributed by atoms with E-state index in [2.05, 4.69) is 15.2 Å². The number of esters is 1. The Hall–Kier alpha value is -3.75. The number of thiazole rings is 1. The summed E-state index contributed by atoms with van der Waals surface area (Å²) in [5.41, 5.74) is 3.91. The van der Waals surface area contributed by atoms with Crippen molar-refractivity contribution in [2.45, 2.75) is 19.9 Å². The molecule has 35 heavy (non-hydrogen) atoms. The predicted molar refractivity (Wildman–Crippen MR) is 136 cm³/mol. The lowest BCUT2D eigenvalue weighted by molar-refractivity contribution is -0.139. The fourth-order valence-electron chi connectivity index (χ4n) is 4.13. The third kappa shape index (κ3) is 4.26. The van der Waals surface area contributed by atoms with E-state index in [1.54, 1.807) is 42.8 Å². The van der Waals surface area contributed by atoms with Crippen molar-refractivity contribution in [3.63, 3.8) is 0 Å². The Morgan fingerprint density at radius 1 is 1.20 bits per heavy atom. The van der Waals surface area contributed by atoms with Crippen LogP contribution in [0.3, 0.4) is 0 Å². The van der Waals surface area contributed by atoms with E-state index in [1.807, 2.05) is 42.5 Å². The molecule has 9 heteroatoms. The first-order valence-corrected chi connectivity index (χ1v) is 12.2. The fraction of sp³-hybridized carbons (Fsp3) is 0.154. The Bertz CT molecular complexity index is 1620. The van der Waals surface area contributed by atoms with Gasteiger partial charge in [-0.2, -0.15) is 5.10 Å². The number of halogens is 1. The molecule has 4 aromatic rings. The van der Waals surface area contributed by atoms with Gasteiger partial charge in [-0.15, -0.1) is 0 Å². The molecule has 3 heterocycles. The van der Waals surface area contributed by atoms with Gasteiger partial charge in [0.15, 0.2) is 4.80 Å². The Morgan fingerprint density at radius 3 is 2.66 bits per heavy atom. The third-order valence-corrected chi connectivity index (χ3v) is 6.96. The summed E-state index contributed by atoms with van der Waals surface area (Å²) in [7, 11) is 0. The zero-order valence-corrected chi connectivity index (χ0v) is 20.6. The number of carbonyl (C=O) groups excluding carboxylic acids is 1. The molecular formula is C26H21ClN4O3S. The highest BCUT2D eigenvalue weighted by Crippen LogP contribution is 2.31. The molecule has 1 aliphatic rings. The number of nitrogens with one attached hydrogen (secondary N) is 1. The first-order valence-electron chi connectivity index (χ1n) is 11.0. The van der Waals surface area contributed by atoms with Crippen LogP contribution in [0.25, 0.3) is 17.3 Å². The number of ether oxygens (including phenoxy) is 1.